The predicted octanol–water partition coefficient (Wildman–Crippen LogP) is 3.08. The Morgan fingerprint density at radius 1 is 1.24 bits per heavy atom. The van der Waals surface area contributed by atoms with Crippen LogP contribution in [0.2, 0.25) is 0 Å². The van der Waals surface area contributed by atoms with Crippen LogP contribution in [0.25, 0.3) is 0 Å². The van der Waals surface area contributed by atoms with Crippen LogP contribution in [0.4, 0.5) is 4.79 Å². The van der Waals surface area contributed by atoms with E-state index in [2.05, 4.69) is 4.98 Å². The summed E-state index contributed by atoms with van der Waals surface area (Å²) >= 11 is 0. The fourth-order valence-electron chi connectivity index (χ4n) is 2.95. The van der Waals surface area contributed by atoms with Gasteiger partial charge in [0.05, 0.1) is 0 Å². The number of nitrogens with zero attached hydrogens (tertiary/aromatic N) is 3. The summed E-state index contributed by atoms with van der Waals surface area (Å²) in [5.74, 6) is 0.142. The first-order valence-electron chi connectivity index (χ1n) is 8.95. The largest absolute Gasteiger partial charge is 0.444 e. The summed E-state index contributed by atoms with van der Waals surface area (Å²) < 4.78 is 5.41. The highest BCUT2D eigenvalue weighted by atomic mass is 16.6. The molecular formula is C19H29N3O3. The fourth-order valence-corrected chi connectivity index (χ4v) is 2.95. The number of hydrogen-bond acceptors (Lipinski definition) is 4. The Hall–Kier alpha value is -2.11. The molecule has 0 N–H and O–H groups in total. The van der Waals surface area contributed by atoms with E-state index in [-0.39, 0.29) is 17.9 Å². The average molecular weight is 347 g/mol. The smallest absolute Gasteiger partial charge is 0.410 e. The highest BCUT2D eigenvalue weighted by Crippen LogP contribution is 2.22. The molecule has 1 aliphatic rings. The lowest BCUT2D eigenvalue weighted by molar-refractivity contribution is -0.137. The van der Waals surface area contributed by atoms with Gasteiger partial charge >= 0.3 is 6.09 Å². The number of pyridine rings is 1. The first-order chi connectivity index (χ1) is 11.8. The molecule has 1 aromatic rings. The third-order valence-electron chi connectivity index (χ3n) is 4.31. The Bertz CT molecular complexity index is 575. The molecule has 0 spiro atoms. The van der Waals surface area contributed by atoms with Gasteiger partial charge in [-0.05, 0) is 58.2 Å². The van der Waals surface area contributed by atoms with Crippen LogP contribution in [-0.4, -0.2) is 52.0 Å². The molecule has 1 aromatic heterocycles. The summed E-state index contributed by atoms with van der Waals surface area (Å²) in [6.07, 6.45) is 4.57. The van der Waals surface area contributed by atoms with Crippen molar-refractivity contribution in [2.75, 3.05) is 19.6 Å². The van der Waals surface area contributed by atoms with Crippen molar-refractivity contribution in [3.05, 3.63) is 30.1 Å². The van der Waals surface area contributed by atoms with Crippen molar-refractivity contribution in [2.24, 2.45) is 5.92 Å². The highest BCUT2D eigenvalue weighted by Gasteiger charge is 2.31. The van der Waals surface area contributed by atoms with Gasteiger partial charge in [0.15, 0.2) is 0 Å². The van der Waals surface area contributed by atoms with Crippen molar-refractivity contribution in [1.82, 2.24) is 14.8 Å². The van der Waals surface area contributed by atoms with Crippen LogP contribution < -0.4 is 0 Å². The third kappa shape index (κ3) is 5.73. The summed E-state index contributed by atoms with van der Waals surface area (Å²) in [6.45, 7) is 9.99. The van der Waals surface area contributed by atoms with Crippen LogP contribution in [0, 0.1) is 5.92 Å². The molecule has 0 bridgehead atoms. The molecular weight excluding hydrogens is 318 g/mol. The number of likely N-dealkylation sites (tertiary alicyclic amines) is 1. The normalized spacial score (nSPS) is 15.8. The summed E-state index contributed by atoms with van der Waals surface area (Å²) in [5, 5.41) is 0. The standard InChI is InChI=1S/C19H29N3O3/c1-5-21(14-15-6-10-20-11-7-15)17(23)16-8-12-22(13-9-16)18(24)25-19(2,3)4/h6-7,10-11,16H,5,8-9,12-14H2,1-4H3. The highest BCUT2D eigenvalue weighted by molar-refractivity contribution is 5.79. The van der Waals surface area contributed by atoms with Crippen LogP contribution in [0.5, 0.6) is 0 Å². The van der Waals surface area contributed by atoms with Crippen molar-refractivity contribution in [1.29, 1.82) is 0 Å². The topological polar surface area (TPSA) is 62.7 Å². The lowest BCUT2D eigenvalue weighted by Gasteiger charge is -2.35. The zero-order valence-corrected chi connectivity index (χ0v) is 15.7. The number of piperidine rings is 1. The van der Waals surface area contributed by atoms with E-state index in [1.54, 1.807) is 17.3 Å². The van der Waals surface area contributed by atoms with Gasteiger partial charge in [0.25, 0.3) is 0 Å². The molecule has 2 rings (SSSR count). The van der Waals surface area contributed by atoms with E-state index in [9.17, 15) is 9.59 Å². The molecule has 25 heavy (non-hydrogen) atoms. The number of ether oxygens (including phenoxy) is 1. The van der Waals surface area contributed by atoms with E-state index < -0.39 is 5.60 Å². The SMILES string of the molecule is CCN(Cc1ccncc1)C(=O)C1CCN(C(=O)OC(C)(C)C)CC1. The van der Waals surface area contributed by atoms with Gasteiger partial charge in [-0.2, -0.15) is 0 Å². The number of carbonyl (C=O) groups is 2. The second kappa shape index (κ2) is 8.32. The molecule has 0 unspecified atom stereocenters. The maximum atomic E-state index is 12.8. The lowest BCUT2D eigenvalue weighted by atomic mass is 9.95. The summed E-state index contributed by atoms with van der Waals surface area (Å²) in [6, 6.07) is 3.86. The van der Waals surface area contributed by atoms with Crippen LogP contribution >= 0.6 is 0 Å². The summed E-state index contributed by atoms with van der Waals surface area (Å²) in [4.78, 5) is 32.5. The molecule has 0 saturated carbocycles. The van der Waals surface area contributed by atoms with Crippen LogP contribution in [0.1, 0.15) is 46.1 Å². The van der Waals surface area contributed by atoms with Crippen molar-refractivity contribution in [2.45, 2.75) is 52.7 Å². The van der Waals surface area contributed by atoms with E-state index in [0.29, 0.717) is 39.0 Å². The Labute approximate surface area is 150 Å². The molecule has 1 saturated heterocycles. The van der Waals surface area contributed by atoms with Gasteiger partial charge < -0.3 is 14.5 Å². The van der Waals surface area contributed by atoms with Gasteiger partial charge in [0.1, 0.15) is 5.60 Å². The maximum absolute atomic E-state index is 12.8. The zero-order valence-electron chi connectivity index (χ0n) is 15.7. The van der Waals surface area contributed by atoms with Gasteiger partial charge in [0.2, 0.25) is 5.91 Å². The molecule has 0 radical (unpaired) electrons. The maximum Gasteiger partial charge on any atom is 0.410 e. The minimum atomic E-state index is -0.493. The van der Waals surface area contributed by atoms with Gasteiger partial charge in [-0.15, -0.1) is 0 Å². The Kier molecular flexibility index (Phi) is 6.39. The number of rotatable bonds is 4. The minimum absolute atomic E-state index is 0.0273. The Morgan fingerprint density at radius 3 is 2.36 bits per heavy atom. The van der Waals surface area contributed by atoms with Gasteiger partial charge in [0, 0.05) is 44.5 Å². The zero-order chi connectivity index (χ0) is 18.4. The van der Waals surface area contributed by atoms with Crippen molar-refractivity contribution in [3.63, 3.8) is 0 Å². The van der Waals surface area contributed by atoms with E-state index >= 15 is 0 Å². The molecule has 1 aliphatic heterocycles. The van der Waals surface area contributed by atoms with E-state index in [0.717, 1.165) is 5.56 Å². The molecule has 138 valence electrons. The number of amides is 2. The average Bonchev–Trinajstić information content (AvgIpc) is 2.58. The lowest BCUT2D eigenvalue weighted by Crippen LogP contribution is -2.45. The monoisotopic (exact) mass is 347 g/mol. The quantitative estimate of drug-likeness (QED) is 0.840. The Balaban J connectivity index is 1.88. The van der Waals surface area contributed by atoms with E-state index in [1.165, 1.54) is 0 Å². The molecule has 0 aromatic carbocycles. The number of hydrogen-bond donors (Lipinski definition) is 0. The molecule has 0 atom stereocenters. The number of aromatic nitrogens is 1. The second-order valence-electron chi connectivity index (χ2n) is 7.45. The first-order valence-corrected chi connectivity index (χ1v) is 8.95. The molecule has 2 heterocycles. The summed E-state index contributed by atoms with van der Waals surface area (Å²) in [7, 11) is 0. The molecule has 6 heteroatoms. The van der Waals surface area contributed by atoms with Crippen molar-refractivity contribution < 1.29 is 14.3 Å². The molecule has 2 amide bonds. The third-order valence-corrected chi connectivity index (χ3v) is 4.31. The van der Waals surface area contributed by atoms with Crippen LogP contribution in [-0.2, 0) is 16.1 Å². The summed E-state index contributed by atoms with van der Waals surface area (Å²) in [5.41, 5.74) is 0.587. The first kappa shape index (κ1) is 19.2. The van der Waals surface area contributed by atoms with Crippen LogP contribution in [0.3, 0.4) is 0 Å². The second-order valence-corrected chi connectivity index (χ2v) is 7.45. The minimum Gasteiger partial charge on any atom is -0.444 e. The van der Waals surface area contributed by atoms with Crippen molar-refractivity contribution in [3.8, 4) is 0 Å². The van der Waals surface area contributed by atoms with Gasteiger partial charge in [-0.3, -0.25) is 9.78 Å². The van der Waals surface area contributed by atoms with Crippen molar-refractivity contribution >= 4 is 12.0 Å². The van der Waals surface area contributed by atoms with Gasteiger partial charge in [-0.1, -0.05) is 0 Å². The van der Waals surface area contributed by atoms with Gasteiger partial charge in [-0.25, -0.2) is 4.79 Å². The Morgan fingerprint density at radius 2 is 1.84 bits per heavy atom. The van der Waals surface area contributed by atoms with E-state index in [4.69, 9.17) is 4.74 Å². The predicted molar refractivity (Wildman–Crippen MR) is 95.9 cm³/mol. The molecule has 1 fully saturated rings. The molecule has 6 nitrogen and oxygen atoms in total. The van der Waals surface area contributed by atoms with Crippen LogP contribution in [0.15, 0.2) is 24.5 Å². The number of carbonyl (C=O) groups excluding carboxylic acids is 2. The van der Waals surface area contributed by atoms with E-state index in [1.807, 2.05) is 44.7 Å². The fraction of sp³-hybridized carbons (Fsp3) is 0.632. The molecule has 0 aliphatic carbocycles.